The molecule has 0 heterocycles. The molecule has 2 aromatic carbocycles. The third-order valence-corrected chi connectivity index (χ3v) is 4.68. The maximum atomic E-state index is 12.0. The van der Waals surface area contributed by atoms with Gasteiger partial charge in [0.2, 0.25) is 13.8 Å². The molecule has 27 heavy (non-hydrogen) atoms. The van der Waals surface area contributed by atoms with Crippen molar-refractivity contribution in [2.75, 3.05) is 7.11 Å². The predicted molar refractivity (Wildman–Crippen MR) is 93.3 cm³/mol. The molecule has 142 valence electrons. The Balaban J connectivity index is 2.57. The lowest BCUT2D eigenvalue weighted by Gasteiger charge is -2.11. The van der Waals surface area contributed by atoms with Gasteiger partial charge in [-0.15, -0.1) is 0 Å². The van der Waals surface area contributed by atoms with Crippen LogP contribution in [0, 0.1) is 37.3 Å². The Morgan fingerprint density at radius 2 is 1.52 bits per heavy atom. The molecule has 0 aromatic heterocycles. The summed E-state index contributed by atoms with van der Waals surface area (Å²) < 4.78 is 22.1. The smallest absolute Gasteiger partial charge is 0.318 e. The summed E-state index contributed by atoms with van der Waals surface area (Å²) in [6, 6.07) is 4.99. The summed E-state index contributed by atoms with van der Waals surface area (Å²) in [4.78, 5) is 30.7. The van der Waals surface area contributed by atoms with Crippen molar-refractivity contribution in [3.05, 3.63) is 66.2 Å². The van der Waals surface area contributed by atoms with Crippen LogP contribution in [-0.4, -0.2) is 21.9 Å². The normalized spacial score (nSPS) is 11.6. The van der Waals surface area contributed by atoms with E-state index in [0.29, 0.717) is 0 Å². The third-order valence-electron chi connectivity index (χ3n) is 3.47. The number of ether oxygens (including phenoxy) is 1. The molecule has 12 nitrogen and oxygen atoms in total. The fraction of sp³-hybridized carbons (Fsp3) is 0.143. The maximum Gasteiger partial charge on any atom is 0.318 e. The molecule has 2 rings (SSSR count). The largest absolute Gasteiger partial charge is 0.450 e. The van der Waals surface area contributed by atoms with Crippen LogP contribution in [0.3, 0.4) is 0 Å². The molecule has 2 aromatic rings. The van der Waals surface area contributed by atoms with Gasteiger partial charge in [-0.1, -0.05) is 0 Å². The molecule has 13 heteroatoms. The summed E-state index contributed by atoms with van der Waals surface area (Å²) in [5.74, 6) is -0.353. The van der Waals surface area contributed by atoms with E-state index < -0.39 is 39.9 Å². The minimum atomic E-state index is -2.95. The molecule has 0 amide bonds. The number of hydrogen-bond acceptors (Lipinski definition) is 9. The van der Waals surface area contributed by atoms with Crippen molar-refractivity contribution in [2.45, 2.75) is 6.92 Å². The lowest BCUT2D eigenvalue weighted by Crippen LogP contribution is -2.08. The molecule has 0 aliphatic heterocycles. The van der Waals surface area contributed by atoms with Crippen LogP contribution in [0.4, 0.5) is 17.1 Å². The number of aryl methyl sites for hydroxylation is 1. The van der Waals surface area contributed by atoms with Crippen LogP contribution in [0.25, 0.3) is 0 Å². The van der Waals surface area contributed by atoms with Gasteiger partial charge in [-0.3, -0.25) is 34.9 Å². The molecule has 0 saturated carbocycles. The molecular weight excluding hydrogens is 385 g/mol. The van der Waals surface area contributed by atoms with Crippen LogP contribution in [0.1, 0.15) is 5.56 Å². The van der Waals surface area contributed by atoms with Crippen molar-refractivity contribution in [3.8, 4) is 11.5 Å². The molecule has 0 saturated heterocycles. The van der Waals surface area contributed by atoms with E-state index in [2.05, 4.69) is 4.52 Å². The first-order valence-electron chi connectivity index (χ1n) is 7.13. The highest BCUT2D eigenvalue weighted by atomic mass is 31.1. The highest BCUT2D eigenvalue weighted by Gasteiger charge is 2.25. The highest BCUT2D eigenvalue weighted by molar-refractivity contribution is 7.48. The lowest BCUT2D eigenvalue weighted by molar-refractivity contribution is -0.394. The van der Waals surface area contributed by atoms with Gasteiger partial charge in [-0.05, 0) is 18.6 Å². The van der Waals surface area contributed by atoms with Gasteiger partial charge in [0, 0.05) is 25.3 Å². The molecule has 0 bridgehead atoms. The second-order valence-corrected chi connectivity index (χ2v) is 6.67. The molecule has 1 unspecified atom stereocenters. The Bertz CT molecular complexity index is 977. The summed E-state index contributed by atoms with van der Waals surface area (Å²) >= 11 is 0. The van der Waals surface area contributed by atoms with Gasteiger partial charge in [0.25, 0.3) is 11.4 Å². The van der Waals surface area contributed by atoms with Gasteiger partial charge < -0.3 is 9.26 Å². The Labute approximate surface area is 151 Å². The van der Waals surface area contributed by atoms with Gasteiger partial charge in [0.15, 0.2) is 0 Å². The van der Waals surface area contributed by atoms with Gasteiger partial charge in [0.05, 0.1) is 20.8 Å². The monoisotopic (exact) mass is 397 g/mol. The van der Waals surface area contributed by atoms with E-state index >= 15 is 0 Å². The van der Waals surface area contributed by atoms with Crippen LogP contribution in [0.15, 0.2) is 30.3 Å². The zero-order chi connectivity index (χ0) is 20.3. The predicted octanol–water partition coefficient (Wildman–Crippen LogP) is 3.26. The number of nitro groups is 3. The van der Waals surface area contributed by atoms with E-state index in [0.717, 1.165) is 37.4 Å². The first-order valence-corrected chi connectivity index (χ1v) is 8.45. The topological polar surface area (TPSA) is 165 Å². The van der Waals surface area contributed by atoms with E-state index in [1.807, 2.05) is 0 Å². The molecule has 0 N–H and O–H groups in total. The second-order valence-electron chi connectivity index (χ2n) is 5.15. The number of nitrogens with zero attached hydrogens (tertiary/aromatic N) is 3. The van der Waals surface area contributed by atoms with Crippen LogP contribution < -0.4 is 10.0 Å². The van der Waals surface area contributed by atoms with E-state index in [1.54, 1.807) is 0 Å². The highest BCUT2D eigenvalue weighted by Crippen LogP contribution is 2.37. The number of nitro benzene ring substituents is 3. The summed E-state index contributed by atoms with van der Waals surface area (Å²) in [7, 11) is -1.83. The van der Waals surface area contributed by atoms with Crippen molar-refractivity contribution in [3.63, 3.8) is 0 Å². The maximum absolute atomic E-state index is 12.0. The minimum absolute atomic E-state index is 0.0389. The molecule has 0 fully saturated rings. The Hall–Kier alpha value is -3.37. The SMILES string of the molecule is CO[PH](=O)c1cc(Oc2ccc([N+](=O)[O-])cc2[N+](=O)[O-])c(C)cc1[N+](=O)[O-]. The minimum Gasteiger partial charge on any atom is -0.450 e. The van der Waals surface area contributed by atoms with Crippen LogP contribution in [-0.2, 0) is 9.09 Å². The lowest BCUT2D eigenvalue weighted by atomic mass is 10.2. The summed E-state index contributed by atoms with van der Waals surface area (Å²) in [6.07, 6.45) is 0. The zero-order valence-electron chi connectivity index (χ0n) is 13.9. The van der Waals surface area contributed by atoms with E-state index in [9.17, 15) is 34.9 Å². The number of benzene rings is 2. The second kappa shape index (κ2) is 7.89. The molecule has 0 radical (unpaired) electrons. The fourth-order valence-electron chi connectivity index (χ4n) is 2.17. The number of non-ortho nitro benzene ring substituents is 1. The molecule has 0 aliphatic carbocycles. The van der Waals surface area contributed by atoms with Crippen molar-refractivity contribution in [2.24, 2.45) is 0 Å². The van der Waals surface area contributed by atoms with Crippen LogP contribution >= 0.6 is 8.03 Å². The number of rotatable bonds is 7. The van der Waals surface area contributed by atoms with Crippen molar-refractivity contribution in [1.29, 1.82) is 0 Å². The summed E-state index contributed by atoms with van der Waals surface area (Å²) in [5.41, 5.74) is -1.37. The third kappa shape index (κ3) is 4.25. The summed E-state index contributed by atoms with van der Waals surface area (Å²) in [5, 5.41) is 32.9. The average molecular weight is 397 g/mol. The first kappa shape index (κ1) is 19.9. The molecule has 0 spiro atoms. The Morgan fingerprint density at radius 3 is 2.04 bits per heavy atom. The Morgan fingerprint density at radius 1 is 0.889 bits per heavy atom. The van der Waals surface area contributed by atoms with E-state index in [1.165, 1.54) is 6.92 Å². The zero-order valence-corrected chi connectivity index (χ0v) is 14.9. The molecule has 1 atom stereocenters. The summed E-state index contributed by atoms with van der Waals surface area (Å²) in [6.45, 7) is 1.45. The van der Waals surface area contributed by atoms with Gasteiger partial charge in [0.1, 0.15) is 11.1 Å². The average Bonchev–Trinajstić information content (AvgIpc) is 2.62. The number of hydrogen-bond donors (Lipinski definition) is 0. The van der Waals surface area contributed by atoms with Gasteiger partial charge >= 0.3 is 5.69 Å². The Kier molecular flexibility index (Phi) is 5.83. The van der Waals surface area contributed by atoms with Gasteiger partial charge in [-0.25, -0.2) is 0 Å². The quantitative estimate of drug-likeness (QED) is 0.387. The van der Waals surface area contributed by atoms with Gasteiger partial charge in [-0.2, -0.15) is 0 Å². The molecule has 0 aliphatic rings. The van der Waals surface area contributed by atoms with Crippen LogP contribution in [0.5, 0.6) is 11.5 Å². The standard InChI is InChI=1S/C14H12N3O9P/c1-8-5-11(17(22)23)14(27(24)25-2)7-13(8)26-12-4-3-9(15(18)19)6-10(12)16(20)21/h3-7,27H,1-2H3. The fourth-order valence-corrected chi connectivity index (χ4v) is 3.02. The molecular formula is C14H12N3O9P. The van der Waals surface area contributed by atoms with E-state index in [4.69, 9.17) is 4.74 Å². The van der Waals surface area contributed by atoms with Crippen molar-refractivity contribution >= 4 is 30.4 Å². The van der Waals surface area contributed by atoms with Crippen molar-refractivity contribution in [1.82, 2.24) is 0 Å². The van der Waals surface area contributed by atoms with Crippen molar-refractivity contribution < 1.29 is 28.6 Å². The van der Waals surface area contributed by atoms with E-state index in [-0.39, 0.29) is 22.4 Å². The first-order chi connectivity index (χ1) is 12.6. The van der Waals surface area contributed by atoms with Crippen LogP contribution in [0.2, 0.25) is 0 Å².